The minimum Gasteiger partial charge on any atom is -0.457 e. The van der Waals surface area contributed by atoms with Crippen LogP contribution in [0.3, 0.4) is 0 Å². The van der Waals surface area contributed by atoms with Gasteiger partial charge in [-0.15, -0.1) is 0 Å². The van der Waals surface area contributed by atoms with Crippen molar-refractivity contribution >= 4 is 43.6 Å². The van der Waals surface area contributed by atoms with Crippen LogP contribution in [0.25, 0.3) is 0 Å². The number of pyridine rings is 2. The molecule has 0 saturated heterocycles. The predicted molar refractivity (Wildman–Crippen MR) is 101 cm³/mol. The third-order valence-electron chi connectivity index (χ3n) is 2.14. The first-order chi connectivity index (χ1) is 11.4. The van der Waals surface area contributed by atoms with E-state index in [1.54, 1.807) is 59.0 Å². The molecule has 0 unspecified atom stereocenters. The van der Waals surface area contributed by atoms with Crippen molar-refractivity contribution in [1.82, 2.24) is 9.97 Å². The van der Waals surface area contributed by atoms with Gasteiger partial charge in [0, 0.05) is 35.9 Å². The van der Waals surface area contributed by atoms with E-state index < -0.39 is 0 Å². The first-order valence-corrected chi connectivity index (χ1v) is 8.00. The number of ketones is 2. The summed E-state index contributed by atoms with van der Waals surface area (Å²) in [6, 6.07) is 6.98. The van der Waals surface area contributed by atoms with E-state index in [2.05, 4.69) is 42.0 Å². The zero-order valence-electron chi connectivity index (χ0n) is 14.5. The zero-order valence-corrected chi connectivity index (χ0v) is 19.0. The van der Waals surface area contributed by atoms with Crippen molar-refractivity contribution in [3.63, 3.8) is 0 Å². The maximum absolute atomic E-state index is 10.6. The van der Waals surface area contributed by atoms with E-state index in [1.165, 1.54) is 13.8 Å². The first-order valence-electron chi connectivity index (χ1n) is 6.28. The van der Waals surface area contributed by atoms with Crippen LogP contribution in [0.4, 0.5) is 0 Å². The Morgan fingerprint density at radius 3 is 1.22 bits per heavy atom. The molecule has 6 N–H and O–H groups in total. The van der Waals surface area contributed by atoms with E-state index in [1.807, 2.05) is 0 Å². The van der Waals surface area contributed by atoms with Crippen LogP contribution >= 0.6 is 0 Å². The minimum absolute atomic E-state index is 0. The molecule has 0 aliphatic carbocycles. The molecule has 0 fully saturated rings. The monoisotopic (exact) mass is 551 g/mol. The fraction of sp³-hybridized carbons (Fsp3) is 0.125. The number of hydrogen-bond donors (Lipinski definition) is 0. The van der Waals surface area contributed by atoms with Gasteiger partial charge in [0.25, 0.3) is 0 Å². The van der Waals surface area contributed by atoms with Crippen LogP contribution in [0, 0.1) is 20.5 Å². The average Bonchev–Trinajstić information content (AvgIpc) is 2.58. The molecule has 0 aliphatic heterocycles. The maximum Gasteiger partial charge on any atom is 2.00 e. The molecule has 2 aromatic rings. The van der Waals surface area contributed by atoms with E-state index in [4.69, 9.17) is 10.5 Å². The number of carbonyl (C=O) groups is 2. The first kappa shape index (κ1) is 36.1. The second-order valence-corrected chi connectivity index (χ2v) is 4.54. The number of carbonyl (C=O) groups excluding carboxylic acids is 2. The summed E-state index contributed by atoms with van der Waals surface area (Å²) in [6.07, 6.45) is 6.41. The Bertz CT molecular complexity index is 632. The van der Waals surface area contributed by atoms with Crippen LogP contribution in [0.2, 0.25) is 0 Å². The van der Waals surface area contributed by atoms with Gasteiger partial charge in [0.1, 0.15) is 0 Å². The molecule has 0 bridgehead atoms. The summed E-state index contributed by atoms with van der Waals surface area (Å²) in [4.78, 5) is 32.0. The third-order valence-corrected chi connectivity index (χ3v) is 2.14. The molecule has 0 aromatic carbocycles. The molecule has 2 aromatic heterocycles. The largest absolute Gasteiger partial charge is 2.00 e. The summed E-state index contributed by atoms with van der Waals surface area (Å²) in [7, 11) is 0. The molecule has 0 atom stereocenters. The van der Waals surface area contributed by atoms with E-state index >= 15 is 0 Å². The van der Waals surface area contributed by atoms with Gasteiger partial charge in [-0.3, -0.25) is 19.6 Å². The summed E-state index contributed by atoms with van der Waals surface area (Å²) in [6.45, 7) is 3.05. The van der Waals surface area contributed by atoms with Crippen LogP contribution in [0.1, 0.15) is 34.6 Å². The average molecular weight is 549 g/mol. The molecular weight excluding hydrogens is 529 g/mol. The number of Topliss-reactive ketones (excluding diaryl/α,β-unsaturated/α-hetero) is 2. The molecule has 147 valence electrons. The summed E-state index contributed by atoms with van der Waals surface area (Å²) in [5.74, 6) is 0.117. The summed E-state index contributed by atoms with van der Waals surface area (Å²) in [5, 5.41) is 14.5. The van der Waals surface area contributed by atoms with Gasteiger partial charge >= 0.3 is 69.3 Å². The van der Waals surface area contributed by atoms with E-state index in [-0.39, 0.29) is 39.3 Å². The Labute approximate surface area is 184 Å². The molecule has 2 heterocycles. The Balaban J connectivity index is -0.0000000856. The minimum atomic E-state index is 0. The van der Waals surface area contributed by atoms with Crippen LogP contribution < -0.4 is 0 Å². The topological polar surface area (TPSA) is 174 Å². The normalized spacial score (nSPS) is 6.52. The fourth-order valence-corrected chi connectivity index (χ4v) is 1.14. The Morgan fingerprint density at radius 1 is 0.852 bits per heavy atom. The summed E-state index contributed by atoms with van der Waals surface area (Å²) < 4.78 is 0. The molecule has 1 radical (unpaired) electrons. The van der Waals surface area contributed by atoms with Gasteiger partial charge in [0.15, 0.2) is 11.6 Å². The van der Waals surface area contributed by atoms with Gasteiger partial charge < -0.3 is 11.0 Å². The van der Waals surface area contributed by atoms with E-state index in [0.717, 1.165) is 0 Å². The molecule has 8 nitrogen and oxygen atoms in total. The SMILES string of the molecule is CC(=O)c1cccnc1.CC(=O)c1cccnc1.N#C[Se-].N#C[Se-].[Co+2].[OH3+].[OH3+]. The second-order valence-electron chi connectivity index (χ2n) is 3.78. The summed E-state index contributed by atoms with van der Waals surface area (Å²) >= 11 is 4.22. The van der Waals surface area contributed by atoms with Crippen LogP contribution in [-0.2, 0) is 27.7 Å². The predicted octanol–water partition coefficient (Wildman–Crippen LogP) is -0.00594. The maximum atomic E-state index is 10.6. The Morgan fingerprint density at radius 2 is 1.11 bits per heavy atom. The molecular formula is C16H20CoN4O4Se2+2. The molecule has 0 aliphatic rings. The van der Waals surface area contributed by atoms with Gasteiger partial charge in [0.2, 0.25) is 0 Å². The van der Waals surface area contributed by atoms with Gasteiger partial charge in [-0.25, -0.2) is 0 Å². The van der Waals surface area contributed by atoms with Crippen LogP contribution in [0.5, 0.6) is 0 Å². The number of nitrogens with zero attached hydrogens (tertiary/aromatic N) is 4. The van der Waals surface area contributed by atoms with Crippen molar-refractivity contribution in [1.29, 1.82) is 10.5 Å². The molecule has 0 amide bonds. The molecule has 27 heavy (non-hydrogen) atoms. The number of hydrogen-bond acceptors (Lipinski definition) is 6. The van der Waals surface area contributed by atoms with Crippen molar-refractivity contribution in [2.45, 2.75) is 13.8 Å². The van der Waals surface area contributed by atoms with Gasteiger partial charge in [0.05, 0.1) is 0 Å². The van der Waals surface area contributed by atoms with Crippen molar-refractivity contribution in [3.05, 3.63) is 60.2 Å². The van der Waals surface area contributed by atoms with Gasteiger partial charge in [-0.05, 0) is 38.1 Å². The Kier molecular flexibility index (Phi) is 35.2. The third kappa shape index (κ3) is 24.1. The van der Waals surface area contributed by atoms with E-state index in [9.17, 15) is 9.59 Å². The number of rotatable bonds is 2. The van der Waals surface area contributed by atoms with Crippen LogP contribution in [0.15, 0.2) is 49.1 Å². The Hall–Kier alpha value is -1.91. The molecule has 0 spiro atoms. The number of aromatic nitrogens is 2. The van der Waals surface area contributed by atoms with Crippen molar-refractivity contribution in [2.24, 2.45) is 0 Å². The standard InChI is InChI=1S/2C7H7NO.2CHNSe.Co.2H2O/c2*1-6(9)7-3-2-4-8-5-7;2*2-1-3;;;/h2*2-5H,1H3;2*3H;;2*1H2/q;;;;+2;;. The molecule has 11 heteroatoms. The molecule has 2 rings (SSSR count). The van der Waals surface area contributed by atoms with Crippen molar-refractivity contribution < 1.29 is 37.3 Å². The molecule has 0 saturated carbocycles. The number of nitriles is 2. The van der Waals surface area contributed by atoms with E-state index in [0.29, 0.717) is 11.1 Å². The smallest absolute Gasteiger partial charge is 0.457 e. The van der Waals surface area contributed by atoms with Crippen molar-refractivity contribution in [3.8, 4) is 9.94 Å². The van der Waals surface area contributed by atoms with Crippen molar-refractivity contribution in [2.75, 3.05) is 0 Å². The van der Waals surface area contributed by atoms with Gasteiger partial charge in [-0.1, -0.05) is 0 Å². The summed E-state index contributed by atoms with van der Waals surface area (Å²) in [5.41, 5.74) is 1.33. The fourth-order valence-electron chi connectivity index (χ4n) is 1.14. The zero-order chi connectivity index (χ0) is 18.8. The second kappa shape index (κ2) is 26.3. The van der Waals surface area contributed by atoms with Gasteiger partial charge in [-0.2, -0.15) is 0 Å². The quantitative estimate of drug-likeness (QED) is 0.290. The van der Waals surface area contributed by atoms with Crippen LogP contribution in [-0.4, -0.2) is 53.6 Å².